The molecule has 2 bridgehead atoms. The van der Waals surface area contributed by atoms with Crippen molar-refractivity contribution in [3.63, 3.8) is 0 Å². The van der Waals surface area contributed by atoms with Gasteiger partial charge in [0.15, 0.2) is 0 Å². The summed E-state index contributed by atoms with van der Waals surface area (Å²) >= 11 is 0. The number of halogens is 1. The zero-order valence-electron chi connectivity index (χ0n) is 12.1. The summed E-state index contributed by atoms with van der Waals surface area (Å²) in [5.41, 5.74) is -0.448. The van der Waals surface area contributed by atoms with Crippen LogP contribution in [0.4, 0.5) is 4.39 Å². The Balaban J connectivity index is 2.15. The molecule has 0 aromatic rings. The first-order valence-corrected chi connectivity index (χ1v) is 7.58. The van der Waals surface area contributed by atoms with Gasteiger partial charge in [-0.3, -0.25) is 0 Å². The van der Waals surface area contributed by atoms with Crippen LogP contribution in [0.15, 0.2) is 12.4 Å². The third-order valence-corrected chi connectivity index (χ3v) is 5.32. The second-order valence-corrected chi connectivity index (χ2v) is 6.30. The third-order valence-electron chi connectivity index (χ3n) is 5.32. The molecule has 19 heavy (non-hydrogen) atoms. The first-order chi connectivity index (χ1) is 9.00. The monoisotopic (exact) mass is 268 g/mol. The van der Waals surface area contributed by atoms with Crippen molar-refractivity contribution in [3.05, 3.63) is 12.4 Å². The Morgan fingerprint density at radius 1 is 1.37 bits per heavy atom. The van der Waals surface area contributed by atoms with E-state index >= 15 is 0 Å². The Morgan fingerprint density at radius 2 is 2.11 bits per heavy atom. The molecule has 0 heterocycles. The van der Waals surface area contributed by atoms with Crippen LogP contribution < -0.4 is 0 Å². The second-order valence-electron chi connectivity index (χ2n) is 6.30. The highest BCUT2D eigenvalue weighted by Crippen LogP contribution is 2.51. The zero-order valence-corrected chi connectivity index (χ0v) is 12.1. The number of hydrogen-bond acceptors (Lipinski definition) is 2. The standard InChI is InChI=1S/C16H25FO2/c1-4-12-8-13-6-7-16(5-2,14(9-12)10-13)19-15(18)11(3)17/h12-14H,3-10H2,1-2H3. The minimum atomic E-state index is -0.974. The summed E-state index contributed by atoms with van der Waals surface area (Å²) < 4.78 is 18.5. The number of esters is 1. The SMILES string of the molecule is C=C(F)C(=O)OC1(CC)CCC2CC(CC)CC1C2. The predicted octanol–water partition coefficient (Wildman–Crippen LogP) is 4.40. The van der Waals surface area contributed by atoms with E-state index in [4.69, 9.17) is 4.74 Å². The first kappa shape index (κ1) is 14.5. The number of carbonyl (C=O) groups excluding carboxylic acids is 1. The van der Waals surface area contributed by atoms with E-state index in [9.17, 15) is 9.18 Å². The molecular formula is C16H25FO2. The van der Waals surface area contributed by atoms with E-state index < -0.39 is 17.4 Å². The van der Waals surface area contributed by atoms with Crippen molar-refractivity contribution in [2.24, 2.45) is 17.8 Å². The first-order valence-electron chi connectivity index (χ1n) is 7.58. The smallest absolute Gasteiger partial charge is 0.367 e. The largest absolute Gasteiger partial charge is 0.454 e. The van der Waals surface area contributed by atoms with Gasteiger partial charge in [-0.1, -0.05) is 26.8 Å². The van der Waals surface area contributed by atoms with Gasteiger partial charge >= 0.3 is 5.97 Å². The van der Waals surface area contributed by atoms with Crippen LogP contribution in [-0.2, 0) is 9.53 Å². The topological polar surface area (TPSA) is 26.3 Å². The number of ether oxygens (including phenoxy) is 1. The minimum Gasteiger partial charge on any atom is -0.454 e. The molecular weight excluding hydrogens is 243 g/mol. The van der Waals surface area contributed by atoms with Crippen LogP contribution in [0.1, 0.15) is 58.8 Å². The highest BCUT2D eigenvalue weighted by atomic mass is 19.1. The molecule has 0 aromatic heterocycles. The lowest BCUT2D eigenvalue weighted by atomic mass is 9.60. The van der Waals surface area contributed by atoms with Crippen LogP contribution in [0.5, 0.6) is 0 Å². The van der Waals surface area contributed by atoms with Crippen molar-refractivity contribution in [2.45, 2.75) is 64.4 Å². The van der Waals surface area contributed by atoms with Crippen LogP contribution in [0.3, 0.4) is 0 Å². The van der Waals surface area contributed by atoms with E-state index in [-0.39, 0.29) is 0 Å². The number of fused-ring (bicyclic) bond motifs is 2. The molecule has 0 aromatic carbocycles. The van der Waals surface area contributed by atoms with Crippen LogP contribution in [0.25, 0.3) is 0 Å². The summed E-state index contributed by atoms with van der Waals surface area (Å²) in [6.45, 7) is 7.33. The molecule has 2 aliphatic carbocycles. The summed E-state index contributed by atoms with van der Waals surface area (Å²) in [4.78, 5) is 11.6. The second kappa shape index (κ2) is 5.64. The van der Waals surface area contributed by atoms with E-state index in [1.54, 1.807) is 0 Å². The minimum absolute atomic E-state index is 0.401. The Morgan fingerprint density at radius 3 is 2.68 bits per heavy atom. The molecule has 2 aliphatic rings. The molecule has 0 saturated heterocycles. The van der Waals surface area contributed by atoms with Gasteiger partial charge in [0, 0.05) is 0 Å². The molecule has 0 amide bonds. The Hall–Kier alpha value is -0.860. The average molecular weight is 268 g/mol. The Labute approximate surface area is 115 Å². The van der Waals surface area contributed by atoms with Gasteiger partial charge in [0.25, 0.3) is 0 Å². The lowest BCUT2D eigenvalue weighted by Gasteiger charge is -2.50. The van der Waals surface area contributed by atoms with E-state index in [1.165, 1.54) is 12.8 Å². The summed E-state index contributed by atoms with van der Waals surface area (Å²) in [6, 6.07) is 0. The van der Waals surface area contributed by atoms with Gasteiger partial charge in [-0.05, 0) is 56.3 Å². The van der Waals surface area contributed by atoms with E-state index in [1.807, 2.05) is 6.92 Å². The van der Waals surface area contributed by atoms with Gasteiger partial charge in [0.05, 0.1) is 0 Å². The van der Waals surface area contributed by atoms with Gasteiger partial charge in [0.1, 0.15) is 5.60 Å². The van der Waals surface area contributed by atoms with Crippen LogP contribution in [0, 0.1) is 17.8 Å². The lowest BCUT2D eigenvalue weighted by molar-refractivity contribution is -0.175. The van der Waals surface area contributed by atoms with Crippen LogP contribution in [0.2, 0.25) is 0 Å². The highest BCUT2D eigenvalue weighted by molar-refractivity contribution is 5.85. The quantitative estimate of drug-likeness (QED) is 0.558. The maximum absolute atomic E-state index is 13.0. The lowest BCUT2D eigenvalue weighted by Crippen LogP contribution is -2.49. The molecule has 108 valence electrons. The fraction of sp³-hybridized carbons (Fsp3) is 0.812. The molecule has 0 aliphatic heterocycles. The van der Waals surface area contributed by atoms with E-state index in [0.717, 1.165) is 43.9 Å². The Bertz CT molecular complexity index is 366. The number of rotatable bonds is 4. The molecule has 2 nitrogen and oxygen atoms in total. The average Bonchev–Trinajstić information content (AvgIpc) is 2.41. The van der Waals surface area contributed by atoms with Crippen LogP contribution in [-0.4, -0.2) is 11.6 Å². The summed E-state index contributed by atoms with van der Waals surface area (Å²) in [5.74, 6) is 0.0767. The summed E-state index contributed by atoms with van der Waals surface area (Å²) in [6.07, 6.45) is 7.53. The van der Waals surface area contributed by atoms with Gasteiger partial charge in [-0.2, -0.15) is 4.39 Å². The van der Waals surface area contributed by atoms with Gasteiger partial charge in [0.2, 0.25) is 5.83 Å². The van der Waals surface area contributed by atoms with Gasteiger partial charge < -0.3 is 4.74 Å². The van der Waals surface area contributed by atoms with Crippen LogP contribution >= 0.6 is 0 Å². The molecule has 3 heteroatoms. The maximum Gasteiger partial charge on any atom is 0.367 e. The molecule has 2 fully saturated rings. The highest BCUT2D eigenvalue weighted by Gasteiger charge is 2.48. The fourth-order valence-corrected chi connectivity index (χ4v) is 4.13. The molecule has 0 spiro atoms. The summed E-state index contributed by atoms with van der Waals surface area (Å²) in [7, 11) is 0. The maximum atomic E-state index is 13.0. The normalized spacial score (nSPS) is 37.7. The van der Waals surface area contributed by atoms with E-state index in [2.05, 4.69) is 13.5 Å². The Kier molecular flexibility index (Phi) is 4.32. The predicted molar refractivity (Wildman–Crippen MR) is 73.2 cm³/mol. The third kappa shape index (κ3) is 2.85. The van der Waals surface area contributed by atoms with Crippen molar-refractivity contribution >= 4 is 5.97 Å². The number of carbonyl (C=O) groups is 1. The molecule has 2 rings (SSSR count). The molecule has 0 N–H and O–H groups in total. The van der Waals surface area contributed by atoms with Gasteiger partial charge in [-0.25, -0.2) is 4.79 Å². The van der Waals surface area contributed by atoms with Gasteiger partial charge in [-0.15, -0.1) is 0 Å². The van der Waals surface area contributed by atoms with E-state index in [0.29, 0.717) is 5.92 Å². The van der Waals surface area contributed by atoms with Crippen molar-refractivity contribution in [3.8, 4) is 0 Å². The van der Waals surface area contributed by atoms with Crippen molar-refractivity contribution in [1.29, 1.82) is 0 Å². The fourth-order valence-electron chi connectivity index (χ4n) is 4.13. The molecule has 2 saturated carbocycles. The molecule has 4 atom stereocenters. The zero-order chi connectivity index (χ0) is 14.0. The van der Waals surface area contributed by atoms with Crippen molar-refractivity contribution in [1.82, 2.24) is 0 Å². The van der Waals surface area contributed by atoms with Crippen molar-refractivity contribution in [2.75, 3.05) is 0 Å². The molecule has 4 unspecified atom stereocenters. The molecule has 0 radical (unpaired) electrons. The number of hydrogen-bond donors (Lipinski definition) is 0. The van der Waals surface area contributed by atoms with Crippen molar-refractivity contribution < 1.29 is 13.9 Å². The summed E-state index contributed by atoms with van der Waals surface area (Å²) in [5, 5.41) is 0.